The number of rotatable bonds is 7. The average Bonchev–Trinajstić information content (AvgIpc) is 2.72. The first-order chi connectivity index (χ1) is 9.32. The normalized spacial score (nSPS) is 12.1. The molecule has 0 aromatic carbocycles. The number of aryl methyl sites for hydroxylation is 2. The van der Waals surface area contributed by atoms with Crippen LogP contribution in [0.2, 0.25) is 0 Å². The first kappa shape index (κ1) is 19.9. The number of hydrogen-bond acceptors (Lipinski definition) is 4. The van der Waals surface area contributed by atoms with Gasteiger partial charge in [-0.3, -0.25) is 4.79 Å². The zero-order valence-electron chi connectivity index (χ0n) is 13.7. The molecule has 1 heterocycles. The SMILES string of the molecule is Cc1noc(C)c1CCC(=O)N(C)CCC(N)C(C)C.Cl. The van der Waals surface area contributed by atoms with Crippen molar-refractivity contribution in [3.05, 3.63) is 17.0 Å². The topological polar surface area (TPSA) is 72.4 Å². The van der Waals surface area contributed by atoms with Crippen LogP contribution in [0, 0.1) is 19.8 Å². The van der Waals surface area contributed by atoms with Gasteiger partial charge in [0.2, 0.25) is 5.91 Å². The summed E-state index contributed by atoms with van der Waals surface area (Å²) in [5.74, 6) is 1.39. The maximum absolute atomic E-state index is 12.1. The number of nitrogens with zero attached hydrogens (tertiary/aromatic N) is 2. The fraction of sp³-hybridized carbons (Fsp3) is 0.733. The standard InChI is InChI=1S/C15H27N3O2.ClH/c1-10(2)14(16)8-9-18(5)15(19)7-6-13-11(3)17-20-12(13)4;/h10,14H,6-9,16H2,1-5H3;1H. The van der Waals surface area contributed by atoms with E-state index in [0.717, 1.165) is 23.4 Å². The number of nitrogens with two attached hydrogens (primary N) is 1. The second kappa shape index (κ2) is 9.05. The third kappa shape index (κ3) is 6.06. The predicted molar refractivity (Wildman–Crippen MR) is 86.6 cm³/mol. The molecule has 21 heavy (non-hydrogen) atoms. The molecule has 0 bridgehead atoms. The van der Waals surface area contributed by atoms with E-state index in [1.807, 2.05) is 20.9 Å². The van der Waals surface area contributed by atoms with Crippen molar-refractivity contribution in [2.45, 2.75) is 53.0 Å². The molecular weight excluding hydrogens is 290 g/mol. The Bertz CT molecular complexity index is 427. The highest BCUT2D eigenvalue weighted by Crippen LogP contribution is 2.15. The molecule has 1 aromatic heterocycles. The van der Waals surface area contributed by atoms with E-state index in [4.69, 9.17) is 10.3 Å². The zero-order valence-corrected chi connectivity index (χ0v) is 14.5. The van der Waals surface area contributed by atoms with Crippen molar-refractivity contribution in [2.75, 3.05) is 13.6 Å². The molecule has 1 unspecified atom stereocenters. The number of carbonyl (C=O) groups is 1. The molecule has 1 rings (SSSR count). The Morgan fingerprint density at radius 2 is 2.00 bits per heavy atom. The summed E-state index contributed by atoms with van der Waals surface area (Å²) in [4.78, 5) is 13.8. The molecule has 1 aromatic rings. The van der Waals surface area contributed by atoms with E-state index in [0.29, 0.717) is 25.3 Å². The van der Waals surface area contributed by atoms with Gasteiger partial charge in [0.05, 0.1) is 5.69 Å². The highest BCUT2D eigenvalue weighted by atomic mass is 35.5. The van der Waals surface area contributed by atoms with Crippen molar-refractivity contribution < 1.29 is 9.32 Å². The van der Waals surface area contributed by atoms with Gasteiger partial charge in [-0.05, 0) is 32.6 Å². The lowest BCUT2D eigenvalue weighted by Crippen LogP contribution is -2.34. The smallest absolute Gasteiger partial charge is 0.222 e. The van der Waals surface area contributed by atoms with Crippen molar-refractivity contribution >= 4 is 18.3 Å². The van der Waals surface area contributed by atoms with Crippen molar-refractivity contribution in [3.63, 3.8) is 0 Å². The van der Waals surface area contributed by atoms with Gasteiger partial charge in [0.25, 0.3) is 0 Å². The lowest BCUT2D eigenvalue weighted by atomic mass is 10.0. The summed E-state index contributed by atoms with van der Waals surface area (Å²) in [7, 11) is 1.84. The fourth-order valence-electron chi connectivity index (χ4n) is 2.08. The van der Waals surface area contributed by atoms with E-state index in [-0.39, 0.29) is 24.4 Å². The summed E-state index contributed by atoms with van der Waals surface area (Å²) < 4.78 is 5.10. The van der Waals surface area contributed by atoms with Crippen LogP contribution in [-0.2, 0) is 11.2 Å². The third-order valence-corrected chi connectivity index (χ3v) is 3.85. The van der Waals surface area contributed by atoms with E-state index in [9.17, 15) is 4.79 Å². The first-order valence-corrected chi connectivity index (χ1v) is 7.24. The molecule has 5 nitrogen and oxygen atoms in total. The monoisotopic (exact) mass is 317 g/mol. The van der Waals surface area contributed by atoms with Crippen LogP contribution in [0.3, 0.4) is 0 Å². The van der Waals surface area contributed by atoms with Crippen LogP contribution in [0.5, 0.6) is 0 Å². The summed E-state index contributed by atoms with van der Waals surface area (Å²) >= 11 is 0. The van der Waals surface area contributed by atoms with Gasteiger partial charge in [-0.15, -0.1) is 12.4 Å². The van der Waals surface area contributed by atoms with Gasteiger partial charge in [0, 0.05) is 31.6 Å². The largest absolute Gasteiger partial charge is 0.361 e. The number of hydrogen-bond donors (Lipinski definition) is 1. The first-order valence-electron chi connectivity index (χ1n) is 7.24. The Morgan fingerprint density at radius 3 is 2.48 bits per heavy atom. The van der Waals surface area contributed by atoms with Crippen LogP contribution in [-0.4, -0.2) is 35.6 Å². The van der Waals surface area contributed by atoms with Gasteiger partial charge in [-0.2, -0.15) is 0 Å². The predicted octanol–water partition coefficient (Wildman–Crippen LogP) is 2.48. The number of amides is 1. The van der Waals surface area contributed by atoms with Crippen molar-refractivity contribution in [1.82, 2.24) is 10.1 Å². The highest BCUT2D eigenvalue weighted by molar-refractivity contribution is 5.85. The van der Waals surface area contributed by atoms with Crippen LogP contribution in [0.25, 0.3) is 0 Å². The van der Waals surface area contributed by atoms with Gasteiger partial charge in [0.15, 0.2) is 0 Å². The van der Waals surface area contributed by atoms with Crippen LogP contribution in [0.15, 0.2) is 4.52 Å². The molecule has 6 heteroatoms. The Labute approximate surface area is 133 Å². The Kier molecular flexibility index (Phi) is 8.59. The maximum Gasteiger partial charge on any atom is 0.222 e. The van der Waals surface area contributed by atoms with Crippen LogP contribution in [0.1, 0.15) is 43.7 Å². The molecule has 2 N–H and O–H groups in total. The summed E-state index contributed by atoms with van der Waals surface area (Å²) in [5, 5.41) is 3.90. The van der Waals surface area contributed by atoms with Crippen LogP contribution >= 0.6 is 12.4 Å². The molecule has 0 fully saturated rings. The van der Waals surface area contributed by atoms with Crippen molar-refractivity contribution in [2.24, 2.45) is 11.7 Å². The molecule has 122 valence electrons. The quantitative estimate of drug-likeness (QED) is 0.838. The summed E-state index contributed by atoms with van der Waals surface area (Å²) in [6.07, 6.45) is 2.00. The Balaban J connectivity index is 0.00000400. The minimum atomic E-state index is 0. The summed E-state index contributed by atoms with van der Waals surface area (Å²) in [6, 6.07) is 0.146. The van der Waals surface area contributed by atoms with Crippen molar-refractivity contribution in [1.29, 1.82) is 0 Å². The van der Waals surface area contributed by atoms with E-state index < -0.39 is 0 Å². The van der Waals surface area contributed by atoms with Gasteiger partial charge in [-0.25, -0.2) is 0 Å². The lowest BCUT2D eigenvalue weighted by Gasteiger charge is -2.21. The summed E-state index contributed by atoms with van der Waals surface area (Å²) in [6.45, 7) is 8.69. The van der Waals surface area contributed by atoms with E-state index >= 15 is 0 Å². The highest BCUT2D eigenvalue weighted by Gasteiger charge is 2.15. The number of aromatic nitrogens is 1. The third-order valence-electron chi connectivity index (χ3n) is 3.85. The molecule has 0 aliphatic heterocycles. The minimum Gasteiger partial charge on any atom is -0.361 e. The molecule has 1 amide bonds. The molecule has 0 saturated carbocycles. The van der Waals surface area contributed by atoms with Gasteiger partial charge in [0.1, 0.15) is 5.76 Å². The second-order valence-corrected chi connectivity index (χ2v) is 5.81. The number of carbonyl (C=O) groups excluding carboxylic acids is 1. The zero-order chi connectivity index (χ0) is 15.3. The second-order valence-electron chi connectivity index (χ2n) is 5.81. The lowest BCUT2D eigenvalue weighted by molar-refractivity contribution is -0.129. The Morgan fingerprint density at radius 1 is 1.38 bits per heavy atom. The molecule has 0 aliphatic carbocycles. The fourth-order valence-corrected chi connectivity index (χ4v) is 2.08. The molecule has 1 atom stereocenters. The molecule has 0 spiro atoms. The molecule has 0 saturated heterocycles. The van der Waals surface area contributed by atoms with Crippen LogP contribution in [0.4, 0.5) is 0 Å². The maximum atomic E-state index is 12.1. The molecular formula is C15H28ClN3O2. The van der Waals surface area contributed by atoms with Gasteiger partial charge in [-0.1, -0.05) is 19.0 Å². The molecule has 0 radical (unpaired) electrons. The average molecular weight is 318 g/mol. The van der Waals surface area contributed by atoms with E-state index in [1.165, 1.54) is 0 Å². The summed E-state index contributed by atoms with van der Waals surface area (Å²) in [5.41, 5.74) is 7.92. The van der Waals surface area contributed by atoms with Crippen molar-refractivity contribution in [3.8, 4) is 0 Å². The minimum absolute atomic E-state index is 0. The van der Waals surface area contributed by atoms with Gasteiger partial charge >= 0.3 is 0 Å². The van der Waals surface area contributed by atoms with E-state index in [1.54, 1.807) is 4.90 Å². The van der Waals surface area contributed by atoms with E-state index in [2.05, 4.69) is 19.0 Å². The number of halogens is 1. The Hall–Kier alpha value is -1.07. The molecule has 0 aliphatic rings. The van der Waals surface area contributed by atoms with Gasteiger partial charge < -0.3 is 15.2 Å². The van der Waals surface area contributed by atoms with Crippen LogP contribution < -0.4 is 5.73 Å².